The highest BCUT2D eigenvalue weighted by Gasteiger charge is 2.54. The van der Waals surface area contributed by atoms with Crippen LogP contribution in [0.2, 0.25) is 0 Å². The van der Waals surface area contributed by atoms with Crippen molar-refractivity contribution in [1.29, 1.82) is 0 Å². The van der Waals surface area contributed by atoms with Crippen molar-refractivity contribution < 1.29 is 0 Å². The van der Waals surface area contributed by atoms with E-state index in [2.05, 4.69) is 26.0 Å². The van der Waals surface area contributed by atoms with Crippen molar-refractivity contribution in [1.82, 2.24) is 0 Å². The molecule has 0 N–H and O–H groups in total. The minimum Gasteiger partial charge on any atom is -0.0766 e. The molecule has 2 saturated carbocycles. The summed E-state index contributed by atoms with van der Waals surface area (Å²) in [6, 6.07) is 0. The summed E-state index contributed by atoms with van der Waals surface area (Å²) in [5.41, 5.74) is 4.33. The van der Waals surface area contributed by atoms with Gasteiger partial charge in [-0.1, -0.05) is 37.5 Å². The molecular weight excluding hydrogens is 240 g/mol. The second kappa shape index (κ2) is 4.75. The Balaban J connectivity index is 1.64. The average Bonchev–Trinajstić information content (AvgIpc) is 2.83. The fourth-order valence-electron chi connectivity index (χ4n) is 6.54. The Kier molecular flexibility index (Phi) is 3.13. The molecule has 0 aliphatic heterocycles. The van der Waals surface area contributed by atoms with Crippen LogP contribution in [0.5, 0.6) is 0 Å². The van der Waals surface area contributed by atoms with E-state index in [1.54, 1.807) is 5.57 Å². The number of hydrogen-bond donors (Lipinski definition) is 0. The molecule has 20 heavy (non-hydrogen) atoms. The van der Waals surface area contributed by atoms with Gasteiger partial charge in [-0.3, -0.25) is 0 Å². The number of hydrogen-bond acceptors (Lipinski definition) is 0. The third-order valence-electron chi connectivity index (χ3n) is 7.59. The Morgan fingerprint density at radius 2 is 2.15 bits per heavy atom. The molecule has 5 atom stereocenters. The van der Waals surface area contributed by atoms with Crippen LogP contribution < -0.4 is 0 Å². The minimum atomic E-state index is 0.685. The van der Waals surface area contributed by atoms with E-state index in [4.69, 9.17) is 0 Å². The predicted octanol–water partition coefficient (Wildman–Crippen LogP) is 5.70. The SMILES string of the molecule is CC[C@H]1CC[C@H]2[C@@H]3CCC4=C(CC=[C]C4)[C@H]3CC[C@]12C. The summed E-state index contributed by atoms with van der Waals surface area (Å²) in [6.45, 7) is 5.07. The van der Waals surface area contributed by atoms with E-state index in [0.717, 1.165) is 30.1 Å². The Morgan fingerprint density at radius 1 is 1.25 bits per heavy atom. The third kappa shape index (κ3) is 1.72. The summed E-state index contributed by atoms with van der Waals surface area (Å²) < 4.78 is 0. The Hall–Kier alpha value is -0.520. The molecular formula is C20H29. The van der Waals surface area contributed by atoms with Crippen LogP contribution in [-0.4, -0.2) is 0 Å². The summed E-state index contributed by atoms with van der Waals surface area (Å²) in [7, 11) is 0. The maximum absolute atomic E-state index is 3.47. The molecule has 0 spiro atoms. The summed E-state index contributed by atoms with van der Waals surface area (Å²) in [4.78, 5) is 0. The zero-order valence-corrected chi connectivity index (χ0v) is 13.3. The summed E-state index contributed by atoms with van der Waals surface area (Å²) >= 11 is 0. The van der Waals surface area contributed by atoms with E-state index in [-0.39, 0.29) is 0 Å². The topological polar surface area (TPSA) is 0 Å². The van der Waals surface area contributed by atoms with Crippen LogP contribution in [0.4, 0.5) is 0 Å². The number of fused-ring (bicyclic) bond motifs is 4. The molecule has 4 aliphatic rings. The lowest BCUT2D eigenvalue weighted by Crippen LogP contribution is -2.43. The van der Waals surface area contributed by atoms with Gasteiger partial charge in [-0.15, -0.1) is 0 Å². The highest BCUT2D eigenvalue weighted by Crippen LogP contribution is 2.63. The molecule has 4 aliphatic carbocycles. The average molecular weight is 269 g/mol. The quantitative estimate of drug-likeness (QED) is 0.536. The van der Waals surface area contributed by atoms with Gasteiger partial charge in [0.2, 0.25) is 0 Å². The van der Waals surface area contributed by atoms with Gasteiger partial charge in [0.15, 0.2) is 0 Å². The van der Waals surface area contributed by atoms with Gasteiger partial charge in [0.05, 0.1) is 0 Å². The minimum absolute atomic E-state index is 0.685. The van der Waals surface area contributed by atoms with Crippen molar-refractivity contribution in [2.75, 3.05) is 0 Å². The molecule has 0 aromatic heterocycles. The van der Waals surface area contributed by atoms with Crippen LogP contribution in [0.15, 0.2) is 17.2 Å². The molecule has 0 aromatic carbocycles. The van der Waals surface area contributed by atoms with Crippen LogP contribution in [-0.2, 0) is 0 Å². The molecule has 0 unspecified atom stereocenters. The van der Waals surface area contributed by atoms with E-state index in [0.29, 0.717) is 5.41 Å². The van der Waals surface area contributed by atoms with Crippen molar-refractivity contribution in [2.24, 2.45) is 29.1 Å². The van der Waals surface area contributed by atoms with Gasteiger partial charge >= 0.3 is 0 Å². The maximum atomic E-state index is 3.47. The fraction of sp³-hybridized carbons (Fsp3) is 0.800. The van der Waals surface area contributed by atoms with Gasteiger partial charge in [-0.2, -0.15) is 0 Å². The zero-order chi connectivity index (χ0) is 13.7. The highest BCUT2D eigenvalue weighted by atomic mass is 14.6. The molecule has 0 saturated heterocycles. The molecule has 0 aromatic rings. The van der Waals surface area contributed by atoms with Crippen molar-refractivity contribution in [3.63, 3.8) is 0 Å². The largest absolute Gasteiger partial charge is 0.0766 e. The first-order valence-electron chi connectivity index (χ1n) is 9.00. The highest BCUT2D eigenvalue weighted by molar-refractivity contribution is 5.29. The molecule has 0 amide bonds. The maximum Gasteiger partial charge on any atom is -0.00645 e. The van der Waals surface area contributed by atoms with E-state index < -0.39 is 0 Å². The fourth-order valence-corrected chi connectivity index (χ4v) is 6.54. The smallest absolute Gasteiger partial charge is 0.00645 e. The van der Waals surface area contributed by atoms with Crippen LogP contribution in [0, 0.1) is 35.2 Å². The molecule has 109 valence electrons. The lowest BCUT2D eigenvalue weighted by molar-refractivity contribution is 0.0134. The summed E-state index contributed by atoms with van der Waals surface area (Å²) in [5.74, 6) is 4.03. The zero-order valence-electron chi connectivity index (χ0n) is 13.3. The lowest BCUT2D eigenvalue weighted by Gasteiger charge is -2.52. The van der Waals surface area contributed by atoms with Crippen LogP contribution in [0.25, 0.3) is 0 Å². The first-order chi connectivity index (χ1) is 9.74. The molecule has 2 fully saturated rings. The Labute approximate surface area is 124 Å². The van der Waals surface area contributed by atoms with Crippen LogP contribution in [0.3, 0.4) is 0 Å². The second-order valence-corrected chi connectivity index (χ2v) is 8.06. The summed E-state index contributed by atoms with van der Waals surface area (Å²) in [5, 5.41) is 0. The van der Waals surface area contributed by atoms with E-state index >= 15 is 0 Å². The first-order valence-corrected chi connectivity index (χ1v) is 9.00. The first kappa shape index (κ1) is 13.2. The van der Waals surface area contributed by atoms with E-state index in [1.807, 2.05) is 5.57 Å². The van der Waals surface area contributed by atoms with Crippen molar-refractivity contribution in [2.45, 2.75) is 71.6 Å². The Morgan fingerprint density at radius 3 is 3.00 bits per heavy atom. The van der Waals surface area contributed by atoms with Crippen molar-refractivity contribution in [3.8, 4) is 0 Å². The molecule has 0 bridgehead atoms. The predicted molar refractivity (Wildman–Crippen MR) is 84.1 cm³/mol. The standard InChI is InChI=1S/C20H29/c1-3-15-9-11-19-18-10-8-14-6-4-5-7-16(14)17(18)12-13-20(15,19)2/h5,15,17-19H,3,6-13H2,1-2H3/t15-,17+,18+,19-,20+/m0/s1. The number of rotatable bonds is 1. The van der Waals surface area contributed by atoms with E-state index in [9.17, 15) is 0 Å². The van der Waals surface area contributed by atoms with Gasteiger partial charge in [0.25, 0.3) is 0 Å². The van der Waals surface area contributed by atoms with Crippen molar-refractivity contribution >= 4 is 0 Å². The van der Waals surface area contributed by atoms with Gasteiger partial charge in [-0.25, -0.2) is 0 Å². The molecule has 4 rings (SSSR count). The summed E-state index contributed by atoms with van der Waals surface area (Å²) in [6.07, 6.45) is 18.5. The van der Waals surface area contributed by atoms with Crippen LogP contribution >= 0.6 is 0 Å². The van der Waals surface area contributed by atoms with Crippen LogP contribution in [0.1, 0.15) is 71.6 Å². The molecule has 0 heterocycles. The van der Waals surface area contributed by atoms with Gasteiger partial charge in [-0.05, 0) is 86.5 Å². The van der Waals surface area contributed by atoms with Gasteiger partial charge in [0, 0.05) is 0 Å². The Bertz CT molecular complexity index is 455. The second-order valence-electron chi connectivity index (χ2n) is 8.06. The number of allylic oxidation sites excluding steroid dienone is 4. The normalized spacial score (nSPS) is 46.9. The van der Waals surface area contributed by atoms with Crippen molar-refractivity contribution in [3.05, 3.63) is 23.3 Å². The molecule has 0 heteroatoms. The third-order valence-corrected chi connectivity index (χ3v) is 7.59. The van der Waals surface area contributed by atoms with Gasteiger partial charge in [0.1, 0.15) is 0 Å². The van der Waals surface area contributed by atoms with E-state index in [1.165, 1.54) is 51.4 Å². The monoisotopic (exact) mass is 269 g/mol. The molecule has 1 radical (unpaired) electrons. The molecule has 0 nitrogen and oxygen atoms in total. The van der Waals surface area contributed by atoms with Gasteiger partial charge < -0.3 is 0 Å². The lowest BCUT2D eigenvalue weighted by atomic mass is 9.53.